The van der Waals surface area contributed by atoms with Crippen molar-refractivity contribution in [3.63, 3.8) is 0 Å². The monoisotopic (exact) mass is 306 g/mol. The molecule has 7 heteroatoms. The lowest BCUT2D eigenvalue weighted by Crippen LogP contribution is -2.56. The third-order valence-electron chi connectivity index (χ3n) is 3.78. The molecule has 0 bridgehead atoms. The molecular weight excluding hydrogens is 288 g/mol. The van der Waals surface area contributed by atoms with Crippen LogP contribution in [0.2, 0.25) is 0 Å². The van der Waals surface area contributed by atoms with E-state index in [9.17, 15) is 9.59 Å². The summed E-state index contributed by atoms with van der Waals surface area (Å²) in [4.78, 5) is 25.4. The molecule has 7 nitrogen and oxygen atoms in total. The Bertz CT molecular complexity index is 591. The van der Waals surface area contributed by atoms with Crippen molar-refractivity contribution < 1.29 is 23.8 Å². The number of amides is 2. The van der Waals surface area contributed by atoms with Gasteiger partial charge in [-0.1, -0.05) is 12.1 Å². The molecule has 2 N–H and O–H groups in total. The van der Waals surface area contributed by atoms with Crippen LogP contribution in [0.3, 0.4) is 0 Å². The van der Waals surface area contributed by atoms with Crippen molar-refractivity contribution in [1.82, 2.24) is 4.90 Å². The lowest BCUT2D eigenvalue weighted by atomic mass is 10.1. The van der Waals surface area contributed by atoms with Gasteiger partial charge in [0.1, 0.15) is 6.10 Å². The van der Waals surface area contributed by atoms with Gasteiger partial charge < -0.3 is 24.8 Å². The highest BCUT2D eigenvalue weighted by Crippen LogP contribution is 2.34. The van der Waals surface area contributed by atoms with Crippen LogP contribution in [0.4, 0.5) is 0 Å². The molecule has 0 saturated carbocycles. The number of ether oxygens (including phenoxy) is 3. The zero-order valence-corrected chi connectivity index (χ0v) is 12.2. The van der Waals surface area contributed by atoms with Crippen LogP contribution in [0.25, 0.3) is 0 Å². The number of carbonyl (C=O) groups is 2. The summed E-state index contributed by atoms with van der Waals surface area (Å²) in [6, 6.07) is 7.21. The minimum Gasteiger partial charge on any atom is -0.482 e. The number of rotatable bonds is 2. The van der Waals surface area contributed by atoms with Crippen molar-refractivity contribution >= 4 is 11.8 Å². The van der Waals surface area contributed by atoms with E-state index in [0.717, 1.165) is 0 Å². The Hall–Kier alpha value is -2.28. The molecule has 0 radical (unpaired) electrons. The molecule has 0 aliphatic carbocycles. The second kappa shape index (κ2) is 5.84. The zero-order valence-electron chi connectivity index (χ0n) is 12.2. The third kappa shape index (κ3) is 2.71. The standard InChI is InChI=1S/C15H18N2O5/c1-9-13(22-11-5-3-2-4-10(11)21-9)15(19)17-6-7-20-12(8-17)14(16)18/h2-5,9,12-13H,6-8H2,1H3,(H2,16,18). The molecule has 1 fully saturated rings. The minimum absolute atomic E-state index is 0.141. The van der Waals surface area contributed by atoms with E-state index >= 15 is 0 Å². The van der Waals surface area contributed by atoms with E-state index in [1.165, 1.54) is 4.90 Å². The summed E-state index contributed by atoms with van der Waals surface area (Å²) in [5.41, 5.74) is 5.24. The molecule has 22 heavy (non-hydrogen) atoms. The summed E-state index contributed by atoms with van der Waals surface area (Å²) in [6.07, 6.45) is -1.94. The number of primary amides is 1. The van der Waals surface area contributed by atoms with Crippen LogP contribution in [-0.4, -0.2) is 54.7 Å². The maximum Gasteiger partial charge on any atom is 0.267 e. The number of nitrogens with two attached hydrogens (primary N) is 1. The lowest BCUT2D eigenvalue weighted by Gasteiger charge is -2.37. The molecule has 118 valence electrons. The van der Waals surface area contributed by atoms with Crippen LogP contribution in [0.15, 0.2) is 24.3 Å². The molecule has 3 rings (SSSR count). The van der Waals surface area contributed by atoms with Crippen molar-refractivity contribution in [2.45, 2.75) is 25.2 Å². The summed E-state index contributed by atoms with van der Waals surface area (Å²) < 4.78 is 16.8. The van der Waals surface area contributed by atoms with Gasteiger partial charge in [0.2, 0.25) is 12.0 Å². The third-order valence-corrected chi connectivity index (χ3v) is 3.78. The molecule has 0 spiro atoms. The van der Waals surface area contributed by atoms with Gasteiger partial charge in [-0.25, -0.2) is 0 Å². The number of fused-ring (bicyclic) bond motifs is 1. The summed E-state index contributed by atoms with van der Waals surface area (Å²) in [5.74, 6) is 0.364. The first-order valence-corrected chi connectivity index (χ1v) is 7.18. The molecule has 3 unspecified atom stereocenters. The predicted octanol–water partition coefficient (Wildman–Crippen LogP) is -0.0724. The van der Waals surface area contributed by atoms with Gasteiger partial charge in [0, 0.05) is 6.54 Å². The van der Waals surface area contributed by atoms with Gasteiger partial charge in [0.25, 0.3) is 5.91 Å². The van der Waals surface area contributed by atoms with Crippen LogP contribution in [0.5, 0.6) is 11.5 Å². The molecule has 2 amide bonds. The van der Waals surface area contributed by atoms with Crippen molar-refractivity contribution in [3.05, 3.63) is 24.3 Å². The Balaban J connectivity index is 1.73. The number of hydrogen-bond acceptors (Lipinski definition) is 5. The Morgan fingerprint density at radius 3 is 2.59 bits per heavy atom. The second-order valence-corrected chi connectivity index (χ2v) is 5.35. The molecule has 1 saturated heterocycles. The van der Waals surface area contributed by atoms with Gasteiger partial charge in [-0.3, -0.25) is 9.59 Å². The molecular formula is C15H18N2O5. The first kappa shape index (κ1) is 14.6. The van der Waals surface area contributed by atoms with Crippen LogP contribution < -0.4 is 15.2 Å². The van der Waals surface area contributed by atoms with Gasteiger partial charge in [-0.15, -0.1) is 0 Å². The van der Waals surface area contributed by atoms with Crippen LogP contribution >= 0.6 is 0 Å². The van der Waals surface area contributed by atoms with Crippen LogP contribution in [-0.2, 0) is 14.3 Å². The summed E-state index contributed by atoms with van der Waals surface area (Å²) in [6.45, 7) is 2.60. The lowest BCUT2D eigenvalue weighted by molar-refractivity contribution is -0.154. The maximum atomic E-state index is 12.7. The largest absolute Gasteiger partial charge is 0.482 e. The van der Waals surface area contributed by atoms with Crippen molar-refractivity contribution in [1.29, 1.82) is 0 Å². The van der Waals surface area contributed by atoms with E-state index in [1.807, 2.05) is 12.1 Å². The quantitative estimate of drug-likeness (QED) is 0.826. The fraction of sp³-hybridized carbons (Fsp3) is 0.467. The van der Waals surface area contributed by atoms with Gasteiger partial charge in [0.05, 0.1) is 13.2 Å². The van der Waals surface area contributed by atoms with Gasteiger partial charge >= 0.3 is 0 Å². The summed E-state index contributed by atoms with van der Waals surface area (Å²) in [5, 5.41) is 0. The van der Waals surface area contributed by atoms with Crippen LogP contribution in [0.1, 0.15) is 6.92 Å². The number of benzene rings is 1. The molecule has 1 aromatic rings. The number of nitrogens with zero attached hydrogens (tertiary/aromatic N) is 1. The molecule has 2 aliphatic rings. The highest BCUT2D eigenvalue weighted by atomic mass is 16.6. The molecule has 1 aromatic carbocycles. The molecule has 0 aromatic heterocycles. The highest BCUT2D eigenvalue weighted by molar-refractivity contribution is 5.84. The van der Waals surface area contributed by atoms with Gasteiger partial charge in [-0.05, 0) is 19.1 Å². The molecule has 2 heterocycles. The first-order chi connectivity index (χ1) is 10.6. The van der Waals surface area contributed by atoms with E-state index in [2.05, 4.69) is 0 Å². The maximum absolute atomic E-state index is 12.7. The SMILES string of the molecule is CC1Oc2ccccc2OC1C(=O)N1CCOC(C(N)=O)C1. The normalized spacial score (nSPS) is 27.3. The predicted molar refractivity (Wildman–Crippen MR) is 76.5 cm³/mol. The summed E-state index contributed by atoms with van der Waals surface area (Å²) >= 11 is 0. The van der Waals surface area contributed by atoms with Gasteiger partial charge in [0.15, 0.2) is 17.6 Å². The average molecular weight is 306 g/mol. The van der Waals surface area contributed by atoms with Crippen molar-refractivity contribution in [3.8, 4) is 11.5 Å². The second-order valence-electron chi connectivity index (χ2n) is 5.35. The zero-order chi connectivity index (χ0) is 15.7. The van der Waals surface area contributed by atoms with Crippen molar-refractivity contribution in [2.24, 2.45) is 5.73 Å². The number of para-hydroxylation sites is 2. The fourth-order valence-electron chi connectivity index (χ4n) is 2.59. The Morgan fingerprint density at radius 1 is 1.23 bits per heavy atom. The molecule has 2 aliphatic heterocycles. The smallest absolute Gasteiger partial charge is 0.267 e. The molecule has 3 atom stereocenters. The Morgan fingerprint density at radius 2 is 1.91 bits per heavy atom. The van der Waals surface area contributed by atoms with E-state index in [0.29, 0.717) is 18.0 Å². The summed E-state index contributed by atoms with van der Waals surface area (Å²) in [7, 11) is 0. The van der Waals surface area contributed by atoms with Crippen molar-refractivity contribution in [2.75, 3.05) is 19.7 Å². The Labute approximate surface area is 127 Å². The number of hydrogen-bond donors (Lipinski definition) is 1. The number of carbonyl (C=O) groups excluding carboxylic acids is 2. The van der Waals surface area contributed by atoms with Crippen LogP contribution in [0, 0.1) is 0 Å². The Kier molecular flexibility index (Phi) is 3.89. The number of morpholine rings is 1. The van der Waals surface area contributed by atoms with E-state index in [4.69, 9.17) is 19.9 Å². The van der Waals surface area contributed by atoms with E-state index in [-0.39, 0.29) is 19.1 Å². The first-order valence-electron chi connectivity index (χ1n) is 7.18. The minimum atomic E-state index is -0.773. The van der Waals surface area contributed by atoms with E-state index < -0.39 is 24.2 Å². The topological polar surface area (TPSA) is 91.1 Å². The highest BCUT2D eigenvalue weighted by Gasteiger charge is 2.39. The average Bonchev–Trinajstić information content (AvgIpc) is 2.53. The van der Waals surface area contributed by atoms with E-state index in [1.54, 1.807) is 19.1 Å². The van der Waals surface area contributed by atoms with Gasteiger partial charge in [-0.2, -0.15) is 0 Å². The fourth-order valence-corrected chi connectivity index (χ4v) is 2.59.